The molecule has 0 aliphatic rings. The normalized spacial score (nSPS) is 10.0. The molecule has 0 saturated carbocycles. The van der Waals surface area contributed by atoms with E-state index >= 15 is 0 Å². The summed E-state index contributed by atoms with van der Waals surface area (Å²) in [5, 5.41) is 0. The number of rotatable bonds is 1. The van der Waals surface area contributed by atoms with E-state index in [1.807, 2.05) is 22.6 Å². The lowest BCUT2D eigenvalue weighted by Gasteiger charge is -2.02. The van der Waals surface area contributed by atoms with E-state index in [1.54, 1.807) is 13.0 Å². The molecule has 12 heavy (non-hydrogen) atoms. The van der Waals surface area contributed by atoms with Crippen molar-refractivity contribution in [2.75, 3.05) is 0 Å². The van der Waals surface area contributed by atoms with Crippen LogP contribution in [0.1, 0.15) is 22.8 Å². The molecule has 0 unspecified atom stereocenters. The van der Waals surface area contributed by atoms with Crippen molar-refractivity contribution in [3.05, 3.63) is 32.6 Å². The summed E-state index contributed by atoms with van der Waals surface area (Å²) in [4.78, 5) is 11.0. The van der Waals surface area contributed by atoms with Crippen LogP contribution < -0.4 is 0 Å². The van der Waals surface area contributed by atoms with E-state index < -0.39 is 5.82 Å². The van der Waals surface area contributed by atoms with Crippen LogP contribution in [-0.2, 0) is 0 Å². The smallest absolute Gasteiger partial charge is 0.163 e. The molecule has 0 aromatic heterocycles. The van der Waals surface area contributed by atoms with Crippen LogP contribution in [0.2, 0.25) is 0 Å². The highest BCUT2D eigenvalue weighted by Crippen LogP contribution is 2.18. The van der Waals surface area contributed by atoms with Gasteiger partial charge in [-0.25, -0.2) is 4.39 Å². The summed E-state index contributed by atoms with van der Waals surface area (Å²) >= 11 is 1.97. The highest BCUT2D eigenvalue weighted by atomic mass is 127. The Morgan fingerprint density at radius 3 is 2.50 bits per heavy atom. The number of halogens is 2. The van der Waals surface area contributed by atoms with Crippen molar-refractivity contribution >= 4 is 28.4 Å². The van der Waals surface area contributed by atoms with Crippen LogP contribution in [0.3, 0.4) is 0 Å². The molecule has 0 amide bonds. The van der Waals surface area contributed by atoms with Crippen LogP contribution in [-0.4, -0.2) is 5.78 Å². The fourth-order valence-corrected chi connectivity index (χ4v) is 2.16. The summed E-state index contributed by atoms with van der Waals surface area (Å²) in [7, 11) is 0. The van der Waals surface area contributed by atoms with E-state index in [1.165, 1.54) is 13.0 Å². The van der Waals surface area contributed by atoms with Gasteiger partial charge in [-0.1, -0.05) is 0 Å². The Labute approximate surface area is 84.1 Å². The quantitative estimate of drug-likeness (QED) is 0.570. The molecule has 1 rings (SSSR count). The molecule has 3 heteroatoms. The molecule has 64 valence electrons. The van der Waals surface area contributed by atoms with Crippen molar-refractivity contribution in [3.8, 4) is 0 Å². The van der Waals surface area contributed by atoms with E-state index in [2.05, 4.69) is 0 Å². The van der Waals surface area contributed by atoms with Gasteiger partial charge in [-0.05, 0) is 54.1 Å². The van der Waals surface area contributed by atoms with Crippen LogP contribution in [0.25, 0.3) is 0 Å². The number of hydrogen-bond donors (Lipinski definition) is 0. The highest BCUT2D eigenvalue weighted by Gasteiger charge is 2.11. The summed E-state index contributed by atoms with van der Waals surface area (Å²) in [6.07, 6.45) is 0. The largest absolute Gasteiger partial charge is 0.294 e. The summed E-state index contributed by atoms with van der Waals surface area (Å²) in [6, 6.07) is 3.17. The van der Waals surface area contributed by atoms with Crippen molar-refractivity contribution < 1.29 is 9.18 Å². The Morgan fingerprint density at radius 1 is 1.50 bits per heavy atom. The second-order valence-electron chi connectivity index (χ2n) is 2.66. The molecule has 0 aliphatic carbocycles. The van der Waals surface area contributed by atoms with Gasteiger partial charge in [-0.15, -0.1) is 0 Å². The number of carbonyl (C=O) groups excluding carboxylic acids is 1. The first-order valence-electron chi connectivity index (χ1n) is 3.49. The fraction of sp³-hybridized carbons (Fsp3) is 0.222. The van der Waals surface area contributed by atoms with Gasteiger partial charge < -0.3 is 0 Å². The van der Waals surface area contributed by atoms with Crippen LogP contribution in [0, 0.1) is 16.3 Å². The van der Waals surface area contributed by atoms with Gasteiger partial charge in [0.05, 0.1) is 5.56 Å². The molecule has 0 N–H and O–H groups in total. The van der Waals surface area contributed by atoms with Crippen LogP contribution in [0.15, 0.2) is 12.1 Å². The number of Topliss-reactive ketones (excluding diaryl/α,β-unsaturated/α-hetero) is 1. The molecule has 0 bridgehead atoms. The topological polar surface area (TPSA) is 17.1 Å². The zero-order chi connectivity index (χ0) is 9.30. The van der Waals surface area contributed by atoms with E-state index in [0.29, 0.717) is 3.57 Å². The lowest BCUT2D eigenvalue weighted by atomic mass is 10.1. The van der Waals surface area contributed by atoms with Crippen molar-refractivity contribution in [1.82, 2.24) is 0 Å². The molecule has 0 radical (unpaired) electrons. The van der Waals surface area contributed by atoms with Gasteiger partial charge in [0.15, 0.2) is 5.78 Å². The minimum atomic E-state index is -0.424. The maximum absolute atomic E-state index is 13.1. The maximum atomic E-state index is 13.1. The average Bonchev–Trinajstić information content (AvgIpc) is 1.82. The van der Waals surface area contributed by atoms with Gasteiger partial charge in [0, 0.05) is 3.57 Å². The second-order valence-corrected chi connectivity index (χ2v) is 3.82. The molecule has 0 aliphatic heterocycles. The monoisotopic (exact) mass is 278 g/mol. The molecule has 1 aromatic carbocycles. The zero-order valence-corrected chi connectivity index (χ0v) is 8.98. The third kappa shape index (κ3) is 1.83. The van der Waals surface area contributed by atoms with Gasteiger partial charge in [0.25, 0.3) is 0 Å². The van der Waals surface area contributed by atoms with Gasteiger partial charge in [0.2, 0.25) is 0 Å². The first-order chi connectivity index (χ1) is 5.52. The van der Waals surface area contributed by atoms with Crippen LogP contribution >= 0.6 is 22.6 Å². The first kappa shape index (κ1) is 9.64. The van der Waals surface area contributed by atoms with Crippen LogP contribution in [0.5, 0.6) is 0 Å². The molecule has 0 fully saturated rings. The Bertz CT molecular complexity index is 310. The first-order valence-corrected chi connectivity index (χ1v) is 4.57. The molecular weight excluding hydrogens is 270 g/mol. The zero-order valence-electron chi connectivity index (χ0n) is 6.82. The van der Waals surface area contributed by atoms with Crippen molar-refractivity contribution in [2.45, 2.75) is 13.8 Å². The van der Waals surface area contributed by atoms with E-state index in [-0.39, 0.29) is 11.3 Å². The molecular formula is C9H8FIO. The predicted molar refractivity (Wildman–Crippen MR) is 53.9 cm³/mol. The lowest BCUT2D eigenvalue weighted by Crippen LogP contribution is -2.01. The second kappa shape index (κ2) is 3.51. The Kier molecular flexibility index (Phi) is 2.82. The Hall–Kier alpha value is -0.450. The Morgan fingerprint density at radius 2 is 2.08 bits per heavy atom. The molecule has 0 atom stereocenters. The lowest BCUT2D eigenvalue weighted by molar-refractivity contribution is 0.101. The molecule has 0 heterocycles. The standard InChI is InChI=1S/C9H8FIO/c1-5-3-7(10)9(6(2)12)8(11)4-5/h3-4H,1-2H3. The average molecular weight is 278 g/mol. The minimum Gasteiger partial charge on any atom is -0.294 e. The maximum Gasteiger partial charge on any atom is 0.163 e. The number of benzene rings is 1. The van der Waals surface area contributed by atoms with Gasteiger partial charge in [-0.3, -0.25) is 4.79 Å². The summed E-state index contributed by atoms with van der Waals surface area (Å²) in [5.41, 5.74) is 1.03. The van der Waals surface area contributed by atoms with E-state index in [4.69, 9.17) is 0 Å². The summed E-state index contributed by atoms with van der Waals surface area (Å²) in [5.74, 6) is -0.649. The van der Waals surface area contributed by atoms with Gasteiger partial charge in [0.1, 0.15) is 5.82 Å². The van der Waals surface area contributed by atoms with Crippen molar-refractivity contribution in [3.63, 3.8) is 0 Å². The van der Waals surface area contributed by atoms with Gasteiger partial charge >= 0.3 is 0 Å². The summed E-state index contributed by atoms with van der Waals surface area (Å²) in [6.45, 7) is 3.17. The van der Waals surface area contributed by atoms with Crippen molar-refractivity contribution in [2.24, 2.45) is 0 Å². The van der Waals surface area contributed by atoms with Gasteiger partial charge in [-0.2, -0.15) is 0 Å². The molecule has 0 spiro atoms. The summed E-state index contributed by atoms with van der Waals surface area (Å²) < 4.78 is 13.8. The van der Waals surface area contributed by atoms with Crippen molar-refractivity contribution in [1.29, 1.82) is 0 Å². The number of ketones is 1. The molecule has 1 nitrogen and oxygen atoms in total. The Balaban J connectivity index is 3.38. The third-order valence-corrected chi connectivity index (χ3v) is 2.39. The van der Waals surface area contributed by atoms with E-state index in [9.17, 15) is 9.18 Å². The molecule has 0 saturated heterocycles. The highest BCUT2D eigenvalue weighted by molar-refractivity contribution is 14.1. The van der Waals surface area contributed by atoms with E-state index in [0.717, 1.165) is 5.56 Å². The SMILES string of the molecule is CC(=O)c1c(F)cc(C)cc1I. The molecule has 1 aromatic rings. The fourth-order valence-electron chi connectivity index (χ4n) is 1.04. The number of hydrogen-bond acceptors (Lipinski definition) is 1. The predicted octanol–water partition coefficient (Wildman–Crippen LogP) is 2.94. The number of aryl methyl sites for hydroxylation is 1. The third-order valence-electron chi connectivity index (χ3n) is 1.54. The van der Waals surface area contributed by atoms with Crippen LogP contribution in [0.4, 0.5) is 4.39 Å². The number of carbonyl (C=O) groups is 1. The minimum absolute atomic E-state index is 0.196.